The van der Waals surface area contributed by atoms with Gasteiger partial charge in [0.2, 0.25) is 0 Å². The lowest BCUT2D eigenvalue weighted by atomic mass is 9.91. The Hall–Kier alpha value is -1.93. The second kappa shape index (κ2) is 8.25. The highest BCUT2D eigenvalue weighted by Crippen LogP contribution is 2.27. The number of hydrogen-bond acceptors (Lipinski definition) is 1. The van der Waals surface area contributed by atoms with Crippen LogP contribution in [-0.4, -0.2) is 13.9 Å². The van der Waals surface area contributed by atoms with Crippen LogP contribution in [0.2, 0.25) is 19.1 Å². The summed E-state index contributed by atoms with van der Waals surface area (Å²) >= 11 is 0. The summed E-state index contributed by atoms with van der Waals surface area (Å²) in [6.07, 6.45) is 1.54. The predicted octanol–water partition coefficient (Wildman–Crippen LogP) is 5.46. The van der Waals surface area contributed by atoms with Crippen LogP contribution < -0.4 is 5.19 Å². The molecule has 0 bridgehead atoms. The van der Waals surface area contributed by atoms with Gasteiger partial charge >= 0.3 is 0 Å². The van der Waals surface area contributed by atoms with Crippen molar-refractivity contribution in [3.63, 3.8) is 0 Å². The fraction of sp³-hybridized carbons (Fsp3) is 0.318. The van der Waals surface area contributed by atoms with Crippen molar-refractivity contribution in [1.82, 2.24) is 0 Å². The molecular formula is C22H28OSi. The van der Waals surface area contributed by atoms with Gasteiger partial charge in [-0.25, -0.2) is 0 Å². The van der Waals surface area contributed by atoms with Gasteiger partial charge in [0.1, 0.15) is 0 Å². The van der Waals surface area contributed by atoms with E-state index in [2.05, 4.69) is 56.9 Å². The van der Waals surface area contributed by atoms with Gasteiger partial charge in [-0.15, -0.1) is 0 Å². The molecule has 2 heteroatoms. The van der Waals surface area contributed by atoms with Crippen molar-refractivity contribution in [2.75, 3.05) is 0 Å². The second-order valence-electron chi connectivity index (χ2n) is 7.18. The number of carbonyl (C=O) groups excluding carboxylic acids is 1. The Bertz CT molecular complexity index is 674. The van der Waals surface area contributed by atoms with Gasteiger partial charge in [-0.2, -0.15) is 0 Å². The summed E-state index contributed by atoms with van der Waals surface area (Å²) in [4.78, 5) is 12.5. The van der Waals surface area contributed by atoms with E-state index in [1.807, 2.05) is 30.3 Å². The molecule has 0 N–H and O–H groups in total. The molecular weight excluding hydrogens is 308 g/mol. The SMILES string of the molecule is C=C(C[Si](C)(C)c1ccccc1)C(CC)CC(=O)c1ccccc1. The first-order valence-electron chi connectivity index (χ1n) is 8.75. The zero-order valence-electron chi connectivity index (χ0n) is 15.1. The first-order valence-corrected chi connectivity index (χ1v) is 12.0. The van der Waals surface area contributed by atoms with E-state index in [0.29, 0.717) is 6.42 Å². The number of hydrogen-bond donors (Lipinski definition) is 0. The molecule has 2 rings (SSSR count). The number of benzene rings is 2. The molecule has 0 heterocycles. The summed E-state index contributed by atoms with van der Waals surface area (Å²) in [6.45, 7) is 11.3. The summed E-state index contributed by atoms with van der Waals surface area (Å²) < 4.78 is 0. The van der Waals surface area contributed by atoms with Crippen molar-refractivity contribution in [2.45, 2.75) is 38.9 Å². The minimum atomic E-state index is -1.56. The third-order valence-electron chi connectivity index (χ3n) is 4.82. The average molecular weight is 337 g/mol. The fourth-order valence-corrected chi connectivity index (χ4v) is 5.97. The van der Waals surface area contributed by atoms with Gasteiger partial charge in [0, 0.05) is 12.0 Å². The molecule has 0 spiro atoms. The highest BCUT2D eigenvalue weighted by molar-refractivity contribution is 6.90. The van der Waals surface area contributed by atoms with Crippen LogP contribution in [0.5, 0.6) is 0 Å². The maximum atomic E-state index is 12.5. The zero-order chi connectivity index (χ0) is 17.6. The van der Waals surface area contributed by atoms with E-state index in [4.69, 9.17) is 0 Å². The Morgan fingerprint density at radius 1 is 1.00 bits per heavy atom. The van der Waals surface area contributed by atoms with E-state index in [1.165, 1.54) is 10.8 Å². The van der Waals surface area contributed by atoms with Gasteiger partial charge < -0.3 is 0 Å². The molecule has 0 saturated heterocycles. The molecule has 0 aliphatic heterocycles. The molecule has 0 aliphatic carbocycles. The molecule has 0 amide bonds. The molecule has 24 heavy (non-hydrogen) atoms. The van der Waals surface area contributed by atoms with E-state index in [-0.39, 0.29) is 11.7 Å². The third-order valence-corrected chi connectivity index (χ3v) is 8.06. The van der Waals surface area contributed by atoms with Crippen molar-refractivity contribution in [2.24, 2.45) is 5.92 Å². The molecule has 0 aliphatic rings. The largest absolute Gasteiger partial charge is 0.294 e. The van der Waals surface area contributed by atoms with E-state index in [1.54, 1.807) is 0 Å². The summed E-state index contributed by atoms with van der Waals surface area (Å²) in [5.41, 5.74) is 2.05. The maximum Gasteiger partial charge on any atom is 0.163 e. The number of allylic oxidation sites excluding steroid dienone is 1. The van der Waals surface area contributed by atoms with Crippen molar-refractivity contribution in [3.8, 4) is 0 Å². The highest BCUT2D eigenvalue weighted by Gasteiger charge is 2.27. The summed E-state index contributed by atoms with van der Waals surface area (Å²) in [5.74, 6) is 0.496. The lowest BCUT2D eigenvalue weighted by molar-refractivity contribution is 0.0966. The van der Waals surface area contributed by atoms with Gasteiger partial charge in [-0.3, -0.25) is 4.79 Å². The molecule has 0 saturated carbocycles. The maximum absolute atomic E-state index is 12.5. The minimum absolute atomic E-state index is 0.225. The highest BCUT2D eigenvalue weighted by atomic mass is 28.3. The van der Waals surface area contributed by atoms with E-state index in [9.17, 15) is 4.79 Å². The topological polar surface area (TPSA) is 17.1 Å². The molecule has 2 aromatic carbocycles. The van der Waals surface area contributed by atoms with Crippen molar-refractivity contribution >= 4 is 19.0 Å². The van der Waals surface area contributed by atoms with Gasteiger partial charge in [-0.05, 0) is 18.4 Å². The second-order valence-corrected chi connectivity index (χ2v) is 11.9. The molecule has 1 unspecified atom stereocenters. The van der Waals surface area contributed by atoms with Crippen LogP contribution >= 0.6 is 0 Å². The van der Waals surface area contributed by atoms with Crippen molar-refractivity contribution < 1.29 is 4.79 Å². The van der Waals surface area contributed by atoms with Crippen LogP contribution in [0.1, 0.15) is 30.1 Å². The van der Waals surface area contributed by atoms with Crippen LogP contribution in [0, 0.1) is 5.92 Å². The quantitative estimate of drug-likeness (QED) is 0.355. The normalized spacial score (nSPS) is 12.6. The molecule has 0 radical (unpaired) electrons. The van der Waals surface area contributed by atoms with Crippen LogP contribution in [0.15, 0.2) is 72.8 Å². The first-order chi connectivity index (χ1) is 11.4. The Balaban J connectivity index is 2.05. The lowest BCUT2D eigenvalue weighted by Gasteiger charge is -2.27. The number of Topliss-reactive ketones (excluding diaryl/α,β-unsaturated/α-hetero) is 1. The third kappa shape index (κ3) is 4.78. The van der Waals surface area contributed by atoms with E-state index < -0.39 is 8.07 Å². The van der Waals surface area contributed by atoms with E-state index >= 15 is 0 Å². The standard InChI is InChI=1S/C22H28OSi/c1-5-19(16-22(23)20-12-8-6-9-13-20)18(2)17-24(3,4)21-14-10-7-11-15-21/h6-15,19H,2,5,16-17H2,1,3-4H3. The number of ketones is 1. The van der Waals surface area contributed by atoms with Crippen LogP contribution in [0.4, 0.5) is 0 Å². The summed E-state index contributed by atoms with van der Waals surface area (Å²) in [5, 5.41) is 1.45. The molecule has 126 valence electrons. The Morgan fingerprint density at radius 3 is 2.08 bits per heavy atom. The van der Waals surface area contributed by atoms with Crippen LogP contribution in [0.3, 0.4) is 0 Å². The predicted molar refractivity (Wildman–Crippen MR) is 107 cm³/mol. The zero-order valence-corrected chi connectivity index (χ0v) is 16.1. The molecule has 1 nitrogen and oxygen atoms in total. The first kappa shape index (κ1) is 18.4. The van der Waals surface area contributed by atoms with Crippen LogP contribution in [0.25, 0.3) is 0 Å². The Morgan fingerprint density at radius 2 is 1.54 bits per heavy atom. The molecule has 2 aromatic rings. The van der Waals surface area contributed by atoms with Gasteiger partial charge in [0.15, 0.2) is 5.78 Å². The minimum Gasteiger partial charge on any atom is -0.294 e. The fourth-order valence-electron chi connectivity index (χ4n) is 3.25. The number of rotatable bonds is 8. The van der Waals surface area contributed by atoms with Crippen molar-refractivity contribution in [1.29, 1.82) is 0 Å². The van der Waals surface area contributed by atoms with E-state index in [0.717, 1.165) is 18.0 Å². The van der Waals surface area contributed by atoms with Gasteiger partial charge in [0.05, 0.1) is 8.07 Å². The summed E-state index contributed by atoms with van der Waals surface area (Å²) in [6, 6.07) is 21.4. The van der Waals surface area contributed by atoms with Gasteiger partial charge in [0.25, 0.3) is 0 Å². The van der Waals surface area contributed by atoms with Crippen molar-refractivity contribution in [3.05, 3.63) is 78.4 Å². The Kier molecular flexibility index (Phi) is 6.33. The monoisotopic (exact) mass is 336 g/mol. The average Bonchev–Trinajstić information content (AvgIpc) is 2.60. The lowest BCUT2D eigenvalue weighted by Crippen LogP contribution is -2.41. The molecule has 1 atom stereocenters. The molecule has 0 aromatic heterocycles. The smallest absolute Gasteiger partial charge is 0.163 e. The van der Waals surface area contributed by atoms with Crippen LogP contribution in [-0.2, 0) is 0 Å². The molecule has 0 fully saturated rings. The summed E-state index contributed by atoms with van der Waals surface area (Å²) in [7, 11) is -1.56. The number of carbonyl (C=O) groups is 1. The Labute approximate surface area is 147 Å². The van der Waals surface area contributed by atoms with Gasteiger partial charge in [-0.1, -0.05) is 98.0 Å².